The van der Waals surface area contributed by atoms with Gasteiger partial charge in [0.05, 0.1) is 19.3 Å². The molecule has 1 atom stereocenters. The molecule has 1 unspecified atom stereocenters. The maximum absolute atomic E-state index is 12.7. The van der Waals surface area contributed by atoms with Crippen LogP contribution in [0.4, 0.5) is 4.79 Å². The number of nitrogens with one attached hydrogen (secondary N) is 1. The summed E-state index contributed by atoms with van der Waals surface area (Å²) in [5.74, 6) is 1.39. The van der Waals surface area contributed by atoms with Crippen LogP contribution in [0.25, 0.3) is 0 Å². The number of hydrogen-bond donors (Lipinski definition) is 1. The van der Waals surface area contributed by atoms with Gasteiger partial charge in [0.1, 0.15) is 0 Å². The van der Waals surface area contributed by atoms with Gasteiger partial charge in [-0.2, -0.15) is 0 Å². The molecule has 7 heteroatoms. The Bertz CT molecular complexity index is 787. The molecule has 1 aromatic heterocycles. The summed E-state index contributed by atoms with van der Waals surface area (Å²) in [6, 6.07) is 9.92. The van der Waals surface area contributed by atoms with Crippen LogP contribution < -0.4 is 14.8 Å². The Morgan fingerprint density at radius 2 is 1.90 bits per heavy atom. The predicted molar refractivity (Wildman–Crippen MR) is 117 cm³/mol. The largest absolute Gasteiger partial charge is 0.493 e. The number of benzene rings is 1. The normalized spacial score (nSPS) is 16.0. The highest BCUT2D eigenvalue weighted by Gasteiger charge is 2.23. The van der Waals surface area contributed by atoms with E-state index < -0.39 is 0 Å². The van der Waals surface area contributed by atoms with Gasteiger partial charge in [-0.1, -0.05) is 12.1 Å². The van der Waals surface area contributed by atoms with E-state index in [9.17, 15) is 4.79 Å². The van der Waals surface area contributed by atoms with Crippen molar-refractivity contribution in [1.82, 2.24) is 15.1 Å². The minimum absolute atomic E-state index is 0.0188. The average molecular weight is 418 g/mol. The molecule has 1 fully saturated rings. The summed E-state index contributed by atoms with van der Waals surface area (Å²) in [6.45, 7) is 10.2. The van der Waals surface area contributed by atoms with E-state index >= 15 is 0 Å². The van der Waals surface area contributed by atoms with Crippen LogP contribution in [0.3, 0.4) is 0 Å². The van der Waals surface area contributed by atoms with Gasteiger partial charge in [-0.25, -0.2) is 4.79 Å². The highest BCUT2D eigenvalue weighted by atomic mass is 32.1. The molecule has 3 rings (SSSR count). The lowest BCUT2D eigenvalue weighted by Gasteiger charge is -2.35. The van der Waals surface area contributed by atoms with Crippen molar-refractivity contribution < 1.29 is 14.3 Å². The smallest absolute Gasteiger partial charge is 0.317 e. The van der Waals surface area contributed by atoms with Crippen molar-refractivity contribution in [1.29, 1.82) is 0 Å². The minimum Gasteiger partial charge on any atom is -0.493 e. The number of ether oxygens (including phenoxy) is 2. The number of piperazine rings is 1. The highest BCUT2D eigenvalue weighted by Crippen LogP contribution is 2.31. The Hall–Kier alpha value is -2.25. The van der Waals surface area contributed by atoms with Crippen LogP contribution in [0, 0.1) is 0 Å². The molecule has 0 spiro atoms. The third-order valence-electron chi connectivity index (χ3n) is 5.01. The molecule has 1 aliphatic heterocycles. The topological polar surface area (TPSA) is 54.0 Å². The maximum Gasteiger partial charge on any atom is 0.317 e. The van der Waals surface area contributed by atoms with Crippen LogP contribution >= 0.6 is 11.3 Å². The van der Waals surface area contributed by atoms with E-state index in [0.717, 1.165) is 38.3 Å². The van der Waals surface area contributed by atoms with Crippen LogP contribution in [-0.2, 0) is 6.54 Å². The number of carbonyl (C=O) groups excluding carboxylic acids is 1. The van der Waals surface area contributed by atoms with E-state index in [2.05, 4.69) is 27.7 Å². The molecule has 0 radical (unpaired) electrons. The van der Waals surface area contributed by atoms with E-state index in [1.807, 2.05) is 43.9 Å². The standard InChI is InChI=1S/C22H31N3O3S/c1-16(2)28-20-8-7-18(14-21(20)27-4)17(3)23-22(26)25-11-9-24(10-12-25)15-19-6-5-13-29-19/h5-8,13-14,16-17H,9-12,15H2,1-4H3,(H,23,26). The van der Waals surface area contributed by atoms with Crippen LogP contribution in [0.2, 0.25) is 0 Å². The Kier molecular flexibility index (Phi) is 7.39. The summed E-state index contributed by atoms with van der Waals surface area (Å²) in [5, 5.41) is 5.22. The van der Waals surface area contributed by atoms with Crippen molar-refractivity contribution in [3.63, 3.8) is 0 Å². The molecular formula is C22H31N3O3S. The molecule has 0 aliphatic carbocycles. The molecule has 6 nitrogen and oxygen atoms in total. The zero-order chi connectivity index (χ0) is 20.8. The third kappa shape index (κ3) is 5.87. The average Bonchev–Trinajstić information content (AvgIpc) is 3.21. The monoisotopic (exact) mass is 417 g/mol. The number of hydrogen-bond acceptors (Lipinski definition) is 5. The lowest BCUT2D eigenvalue weighted by atomic mass is 10.1. The van der Waals surface area contributed by atoms with Crippen molar-refractivity contribution >= 4 is 17.4 Å². The van der Waals surface area contributed by atoms with Gasteiger partial charge >= 0.3 is 6.03 Å². The molecular weight excluding hydrogens is 386 g/mol. The Balaban J connectivity index is 1.52. The second-order valence-electron chi connectivity index (χ2n) is 7.59. The van der Waals surface area contributed by atoms with E-state index in [-0.39, 0.29) is 18.2 Å². The van der Waals surface area contributed by atoms with Crippen LogP contribution in [0.15, 0.2) is 35.7 Å². The number of methoxy groups -OCH3 is 1. The van der Waals surface area contributed by atoms with Gasteiger partial charge < -0.3 is 19.7 Å². The van der Waals surface area contributed by atoms with Gasteiger partial charge in [-0.3, -0.25) is 4.90 Å². The summed E-state index contributed by atoms with van der Waals surface area (Å²) in [5.41, 5.74) is 0.989. The SMILES string of the molecule is COc1cc(C(C)NC(=O)N2CCN(Cc3cccs3)CC2)ccc1OC(C)C. The van der Waals surface area contributed by atoms with Gasteiger partial charge in [0.2, 0.25) is 0 Å². The zero-order valence-electron chi connectivity index (χ0n) is 17.7. The molecule has 1 saturated heterocycles. The number of thiophene rings is 1. The molecule has 0 bridgehead atoms. The summed E-state index contributed by atoms with van der Waals surface area (Å²) < 4.78 is 11.2. The lowest BCUT2D eigenvalue weighted by molar-refractivity contribution is 0.134. The number of urea groups is 1. The fourth-order valence-corrected chi connectivity index (χ4v) is 4.14. The predicted octanol–water partition coefficient (Wildman–Crippen LogP) is 4.13. The molecule has 1 aromatic carbocycles. The second kappa shape index (κ2) is 9.98. The number of rotatable bonds is 7. The van der Waals surface area contributed by atoms with Crippen LogP contribution in [0.1, 0.15) is 37.3 Å². The number of carbonyl (C=O) groups is 1. The van der Waals surface area contributed by atoms with Gasteiger partial charge in [0.15, 0.2) is 11.5 Å². The fraction of sp³-hybridized carbons (Fsp3) is 0.500. The Morgan fingerprint density at radius 1 is 1.14 bits per heavy atom. The molecule has 0 saturated carbocycles. The van der Waals surface area contributed by atoms with E-state index in [1.165, 1.54) is 4.88 Å². The molecule has 1 N–H and O–H groups in total. The molecule has 2 heterocycles. The zero-order valence-corrected chi connectivity index (χ0v) is 18.5. The molecule has 2 amide bonds. The van der Waals surface area contributed by atoms with Crippen molar-refractivity contribution in [2.24, 2.45) is 0 Å². The van der Waals surface area contributed by atoms with Crippen molar-refractivity contribution in [3.8, 4) is 11.5 Å². The van der Waals surface area contributed by atoms with E-state index in [1.54, 1.807) is 18.4 Å². The second-order valence-corrected chi connectivity index (χ2v) is 8.62. The summed E-state index contributed by atoms with van der Waals surface area (Å²) in [6.07, 6.45) is 0.0744. The summed E-state index contributed by atoms with van der Waals surface area (Å²) in [7, 11) is 1.63. The molecule has 158 valence electrons. The number of amides is 2. The first-order valence-electron chi connectivity index (χ1n) is 10.1. The number of nitrogens with zero attached hydrogens (tertiary/aromatic N) is 2. The third-order valence-corrected chi connectivity index (χ3v) is 5.87. The van der Waals surface area contributed by atoms with Gasteiger partial charge in [-0.05, 0) is 49.9 Å². The van der Waals surface area contributed by atoms with Crippen molar-refractivity contribution in [3.05, 3.63) is 46.2 Å². The van der Waals surface area contributed by atoms with Crippen molar-refractivity contribution in [2.75, 3.05) is 33.3 Å². The van der Waals surface area contributed by atoms with Gasteiger partial charge in [0, 0.05) is 37.6 Å². The molecule has 1 aliphatic rings. The fourth-order valence-electron chi connectivity index (χ4n) is 3.40. The highest BCUT2D eigenvalue weighted by molar-refractivity contribution is 7.09. The lowest BCUT2D eigenvalue weighted by Crippen LogP contribution is -2.51. The van der Waals surface area contributed by atoms with Crippen LogP contribution in [0.5, 0.6) is 11.5 Å². The van der Waals surface area contributed by atoms with Crippen molar-refractivity contribution in [2.45, 2.75) is 39.5 Å². The summed E-state index contributed by atoms with van der Waals surface area (Å²) in [4.78, 5) is 18.4. The molecule has 29 heavy (non-hydrogen) atoms. The minimum atomic E-state index is -0.117. The van der Waals surface area contributed by atoms with E-state index in [0.29, 0.717) is 11.5 Å². The van der Waals surface area contributed by atoms with Gasteiger partial charge in [0.25, 0.3) is 0 Å². The Morgan fingerprint density at radius 3 is 2.52 bits per heavy atom. The first-order chi connectivity index (χ1) is 14.0. The van der Waals surface area contributed by atoms with E-state index in [4.69, 9.17) is 9.47 Å². The van der Waals surface area contributed by atoms with Crippen LogP contribution in [-0.4, -0.2) is 55.2 Å². The quantitative estimate of drug-likeness (QED) is 0.736. The van der Waals surface area contributed by atoms with Gasteiger partial charge in [-0.15, -0.1) is 11.3 Å². The first-order valence-corrected chi connectivity index (χ1v) is 11.0. The summed E-state index contributed by atoms with van der Waals surface area (Å²) >= 11 is 1.78. The first kappa shape index (κ1) is 21.5. The maximum atomic E-state index is 12.7. The molecule has 2 aromatic rings. The Labute approximate surface area is 177 Å².